The van der Waals surface area contributed by atoms with Crippen molar-refractivity contribution >= 4 is 5.91 Å². The van der Waals surface area contributed by atoms with Crippen LogP contribution in [-0.4, -0.2) is 25.0 Å². The molecule has 0 saturated carbocycles. The van der Waals surface area contributed by atoms with Crippen LogP contribution in [0.3, 0.4) is 0 Å². The highest BCUT2D eigenvalue weighted by molar-refractivity contribution is 5.82. The molecule has 1 fully saturated rings. The van der Waals surface area contributed by atoms with Crippen LogP contribution >= 0.6 is 0 Å². The van der Waals surface area contributed by atoms with Crippen molar-refractivity contribution in [3.63, 3.8) is 0 Å². The molecule has 0 radical (unpaired) electrons. The van der Waals surface area contributed by atoms with E-state index in [1.54, 1.807) is 0 Å². The molecule has 2 rings (SSSR count). The molecule has 0 aliphatic carbocycles. The van der Waals surface area contributed by atoms with Crippen LogP contribution in [0.1, 0.15) is 12.0 Å². The summed E-state index contributed by atoms with van der Waals surface area (Å²) in [6, 6.07) is 10.3. The minimum Gasteiger partial charge on any atom is -0.353 e. The second-order valence-electron chi connectivity index (χ2n) is 3.82. The van der Waals surface area contributed by atoms with Gasteiger partial charge in [0.25, 0.3) is 0 Å². The zero-order valence-electron chi connectivity index (χ0n) is 8.70. The van der Waals surface area contributed by atoms with Gasteiger partial charge in [0, 0.05) is 13.1 Å². The first-order valence-electron chi connectivity index (χ1n) is 5.41. The van der Waals surface area contributed by atoms with Gasteiger partial charge < -0.3 is 10.6 Å². The summed E-state index contributed by atoms with van der Waals surface area (Å²) in [5, 5.41) is 6.09. The molecule has 80 valence electrons. The molecule has 1 aromatic rings. The van der Waals surface area contributed by atoms with Crippen molar-refractivity contribution in [2.45, 2.75) is 18.9 Å². The van der Waals surface area contributed by atoms with Gasteiger partial charge in [0.1, 0.15) is 0 Å². The lowest BCUT2D eigenvalue weighted by atomic mass is 10.0. The minimum atomic E-state index is -0.0149. The van der Waals surface area contributed by atoms with Crippen molar-refractivity contribution in [2.75, 3.05) is 13.1 Å². The average Bonchev–Trinajstić information content (AvgIpc) is 2.29. The number of rotatable bonds is 3. The van der Waals surface area contributed by atoms with Crippen LogP contribution in [-0.2, 0) is 11.2 Å². The van der Waals surface area contributed by atoms with Gasteiger partial charge in [-0.15, -0.1) is 0 Å². The average molecular weight is 204 g/mol. The van der Waals surface area contributed by atoms with Crippen LogP contribution in [0.15, 0.2) is 30.3 Å². The van der Waals surface area contributed by atoms with E-state index < -0.39 is 0 Å². The maximum Gasteiger partial charge on any atom is 0.237 e. The third kappa shape index (κ3) is 2.80. The smallest absolute Gasteiger partial charge is 0.237 e. The number of piperazine rings is 1. The summed E-state index contributed by atoms with van der Waals surface area (Å²) in [6.45, 7) is 1.63. The van der Waals surface area contributed by atoms with E-state index >= 15 is 0 Å². The second kappa shape index (κ2) is 4.94. The second-order valence-corrected chi connectivity index (χ2v) is 3.82. The van der Waals surface area contributed by atoms with Crippen LogP contribution < -0.4 is 10.6 Å². The van der Waals surface area contributed by atoms with Crippen molar-refractivity contribution in [2.24, 2.45) is 0 Å². The van der Waals surface area contributed by atoms with Gasteiger partial charge in [0.2, 0.25) is 5.91 Å². The first kappa shape index (κ1) is 10.2. The molecule has 1 heterocycles. The first-order valence-corrected chi connectivity index (χ1v) is 5.41. The van der Waals surface area contributed by atoms with E-state index in [-0.39, 0.29) is 11.9 Å². The molecule has 15 heavy (non-hydrogen) atoms. The van der Waals surface area contributed by atoms with Gasteiger partial charge in [0.15, 0.2) is 0 Å². The number of hydrogen-bond acceptors (Lipinski definition) is 2. The molecule has 1 aliphatic heterocycles. The van der Waals surface area contributed by atoms with Crippen molar-refractivity contribution in [3.8, 4) is 0 Å². The highest BCUT2D eigenvalue weighted by Crippen LogP contribution is 2.06. The van der Waals surface area contributed by atoms with Crippen LogP contribution in [0.25, 0.3) is 0 Å². The largest absolute Gasteiger partial charge is 0.353 e. The van der Waals surface area contributed by atoms with Gasteiger partial charge in [-0.05, 0) is 18.4 Å². The lowest BCUT2D eigenvalue weighted by Gasteiger charge is -2.23. The van der Waals surface area contributed by atoms with Gasteiger partial charge in [0.05, 0.1) is 6.04 Å². The molecule has 3 heteroatoms. The maximum absolute atomic E-state index is 11.4. The molecule has 1 amide bonds. The molecule has 1 aliphatic rings. The summed E-state index contributed by atoms with van der Waals surface area (Å²) in [7, 11) is 0. The fourth-order valence-electron chi connectivity index (χ4n) is 1.84. The highest BCUT2D eigenvalue weighted by Gasteiger charge is 2.20. The molecular weight excluding hydrogens is 188 g/mol. The highest BCUT2D eigenvalue weighted by atomic mass is 16.2. The number of amides is 1. The number of carbonyl (C=O) groups excluding carboxylic acids is 1. The molecule has 3 nitrogen and oxygen atoms in total. The predicted octanol–water partition coefficient (Wildman–Crippen LogP) is 0.707. The Kier molecular flexibility index (Phi) is 3.35. The fourth-order valence-corrected chi connectivity index (χ4v) is 1.84. The van der Waals surface area contributed by atoms with E-state index in [9.17, 15) is 4.79 Å². The first-order chi connectivity index (χ1) is 7.36. The fraction of sp³-hybridized carbons (Fsp3) is 0.417. The van der Waals surface area contributed by atoms with Gasteiger partial charge in [-0.1, -0.05) is 30.3 Å². The summed E-state index contributed by atoms with van der Waals surface area (Å²) < 4.78 is 0. The zero-order chi connectivity index (χ0) is 10.5. The molecule has 1 unspecified atom stereocenters. The number of carbonyl (C=O) groups is 1. The Morgan fingerprint density at radius 1 is 1.20 bits per heavy atom. The van der Waals surface area contributed by atoms with Gasteiger partial charge in [-0.25, -0.2) is 0 Å². The number of aryl methyl sites for hydroxylation is 1. The van der Waals surface area contributed by atoms with Crippen LogP contribution in [0.4, 0.5) is 0 Å². The lowest BCUT2D eigenvalue weighted by Crippen LogP contribution is -2.52. The molecule has 0 aromatic heterocycles. The Hall–Kier alpha value is -1.35. The summed E-state index contributed by atoms with van der Waals surface area (Å²) in [6.07, 6.45) is 1.82. The van der Waals surface area contributed by atoms with Crippen molar-refractivity contribution in [3.05, 3.63) is 35.9 Å². The van der Waals surface area contributed by atoms with Crippen molar-refractivity contribution in [1.29, 1.82) is 0 Å². The van der Waals surface area contributed by atoms with E-state index in [0.29, 0.717) is 0 Å². The lowest BCUT2D eigenvalue weighted by molar-refractivity contribution is -0.124. The summed E-state index contributed by atoms with van der Waals surface area (Å²) in [4.78, 5) is 11.4. The quantitative estimate of drug-likeness (QED) is 0.761. The maximum atomic E-state index is 11.4. The van der Waals surface area contributed by atoms with Crippen LogP contribution in [0.5, 0.6) is 0 Å². The summed E-state index contributed by atoms with van der Waals surface area (Å²) in [5.74, 6) is 0.136. The minimum absolute atomic E-state index is 0.0149. The summed E-state index contributed by atoms with van der Waals surface area (Å²) in [5.41, 5.74) is 1.29. The molecular formula is C12H16N2O. The molecule has 2 N–H and O–H groups in total. The van der Waals surface area contributed by atoms with Gasteiger partial charge >= 0.3 is 0 Å². The van der Waals surface area contributed by atoms with E-state index in [0.717, 1.165) is 25.9 Å². The van der Waals surface area contributed by atoms with Crippen LogP contribution in [0, 0.1) is 0 Å². The van der Waals surface area contributed by atoms with E-state index in [4.69, 9.17) is 0 Å². The zero-order valence-corrected chi connectivity index (χ0v) is 8.70. The molecule has 0 bridgehead atoms. The normalized spacial score (nSPS) is 21.1. The van der Waals surface area contributed by atoms with E-state index in [1.807, 2.05) is 18.2 Å². The number of benzene rings is 1. The third-order valence-electron chi connectivity index (χ3n) is 2.70. The summed E-state index contributed by atoms with van der Waals surface area (Å²) >= 11 is 0. The predicted molar refractivity (Wildman–Crippen MR) is 59.6 cm³/mol. The SMILES string of the molecule is O=C1NCCNC1CCc1ccccc1. The molecule has 1 atom stereocenters. The molecule has 0 spiro atoms. The third-order valence-corrected chi connectivity index (χ3v) is 2.70. The molecule has 1 saturated heterocycles. The Balaban J connectivity index is 1.85. The van der Waals surface area contributed by atoms with E-state index in [1.165, 1.54) is 5.56 Å². The standard InChI is InChI=1S/C12H16N2O/c15-12-11(13-8-9-14-12)7-6-10-4-2-1-3-5-10/h1-5,11,13H,6-9H2,(H,14,15). The Morgan fingerprint density at radius 3 is 2.73 bits per heavy atom. The van der Waals surface area contributed by atoms with Gasteiger partial charge in [-0.3, -0.25) is 4.79 Å². The Morgan fingerprint density at radius 2 is 2.00 bits per heavy atom. The number of hydrogen-bond donors (Lipinski definition) is 2. The Labute approximate surface area is 89.9 Å². The number of nitrogens with one attached hydrogen (secondary N) is 2. The van der Waals surface area contributed by atoms with Crippen LogP contribution in [0.2, 0.25) is 0 Å². The molecule has 1 aromatic carbocycles. The van der Waals surface area contributed by atoms with E-state index in [2.05, 4.69) is 22.8 Å². The monoisotopic (exact) mass is 204 g/mol. The van der Waals surface area contributed by atoms with Gasteiger partial charge in [-0.2, -0.15) is 0 Å². The van der Waals surface area contributed by atoms with Crippen molar-refractivity contribution in [1.82, 2.24) is 10.6 Å². The Bertz CT molecular complexity index is 324. The van der Waals surface area contributed by atoms with Crippen molar-refractivity contribution < 1.29 is 4.79 Å². The topological polar surface area (TPSA) is 41.1 Å².